The van der Waals surface area contributed by atoms with Gasteiger partial charge in [-0.05, 0) is 30.7 Å². The van der Waals surface area contributed by atoms with Crippen LogP contribution in [0.3, 0.4) is 0 Å². The highest BCUT2D eigenvalue weighted by atomic mass is 16.3. The second-order valence-electron chi connectivity index (χ2n) is 4.76. The molecule has 2 aromatic carbocycles. The summed E-state index contributed by atoms with van der Waals surface area (Å²) in [5, 5.41) is 16.7. The summed E-state index contributed by atoms with van der Waals surface area (Å²) < 4.78 is 0. The van der Waals surface area contributed by atoms with Crippen molar-refractivity contribution in [3.8, 4) is 5.75 Å². The lowest BCUT2D eigenvalue weighted by Gasteiger charge is -2.16. The maximum atomic E-state index is 12.1. The number of carbonyl (C=O) groups is 1. The maximum absolute atomic E-state index is 12.1. The molecule has 0 saturated heterocycles. The van der Waals surface area contributed by atoms with Gasteiger partial charge in [0.15, 0.2) is 0 Å². The molecule has 0 saturated carbocycles. The highest BCUT2D eigenvalue weighted by Gasteiger charge is 2.15. The van der Waals surface area contributed by atoms with Gasteiger partial charge in [0.1, 0.15) is 11.8 Å². The number of carbonyl (C=O) groups excluding carboxylic acids is 1. The third-order valence-electron chi connectivity index (χ3n) is 3.15. The molecule has 1 amide bonds. The number of hydrazone groups is 1. The van der Waals surface area contributed by atoms with Crippen molar-refractivity contribution in [2.24, 2.45) is 5.10 Å². The molecule has 22 heavy (non-hydrogen) atoms. The largest absolute Gasteiger partial charge is 0.507 e. The Kier molecular flexibility index (Phi) is 5.54. The van der Waals surface area contributed by atoms with E-state index in [9.17, 15) is 9.90 Å². The average molecular weight is 297 g/mol. The number of amides is 1. The zero-order valence-corrected chi connectivity index (χ0v) is 12.4. The highest BCUT2D eigenvalue weighted by Crippen LogP contribution is 2.12. The van der Waals surface area contributed by atoms with Crippen LogP contribution in [-0.2, 0) is 4.79 Å². The fourth-order valence-corrected chi connectivity index (χ4v) is 1.93. The molecule has 5 heteroatoms. The quantitative estimate of drug-likeness (QED) is 0.567. The summed E-state index contributed by atoms with van der Waals surface area (Å²) >= 11 is 0. The van der Waals surface area contributed by atoms with Crippen molar-refractivity contribution in [2.75, 3.05) is 5.32 Å². The Hall–Kier alpha value is -2.82. The number of aromatic hydroxyl groups is 1. The SMILES string of the molecule is CC[C@H](Nc1ccccc1)C(=O)N/N=C/c1ccccc1O. The predicted octanol–water partition coefficient (Wildman–Crippen LogP) is 2.73. The van der Waals surface area contributed by atoms with Crippen LogP contribution in [0.15, 0.2) is 59.7 Å². The first-order chi connectivity index (χ1) is 10.7. The number of para-hydroxylation sites is 2. The minimum atomic E-state index is -0.371. The van der Waals surface area contributed by atoms with E-state index in [-0.39, 0.29) is 17.7 Å². The Labute approximate surface area is 129 Å². The Morgan fingerprint density at radius 2 is 1.86 bits per heavy atom. The number of nitrogens with zero attached hydrogens (tertiary/aromatic N) is 1. The summed E-state index contributed by atoms with van der Waals surface area (Å²) in [5.41, 5.74) is 3.92. The van der Waals surface area contributed by atoms with Crippen molar-refractivity contribution >= 4 is 17.8 Å². The third kappa shape index (κ3) is 4.34. The standard InChI is InChI=1S/C17H19N3O2/c1-2-15(19-14-9-4-3-5-10-14)17(22)20-18-12-13-8-6-7-11-16(13)21/h3-12,15,19,21H,2H2,1H3,(H,20,22)/b18-12+/t15-/m0/s1. The highest BCUT2D eigenvalue weighted by molar-refractivity contribution is 5.87. The van der Waals surface area contributed by atoms with E-state index in [2.05, 4.69) is 15.8 Å². The van der Waals surface area contributed by atoms with Gasteiger partial charge < -0.3 is 10.4 Å². The number of hydrogen-bond donors (Lipinski definition) is 3. The van der Waals surface area contributed by atoms with Crippen molar-refractivity contribution in [3.05, 3.63) is 60.2 Å². The van der Waals surface area contributed by atoms with Crippen molar-refractivity contribution in [2.45, 2.75) is 19.4 Å². The van der Waals surface area contributed by atoms with E-state index in [1.807, 2.05) is 37.3 Å². The average Bonchev–Trinajstić information content (AvgIpc) is 2.55. The van der Waals surface area contributed by atoms with E-state index in [1.54, 1.807) is 24.3 Å². The molecule has 0 aromatic heterocycles. The summed E-state index contributed by atoms with van der Waals surface area (Å²) in [5.74, 6) is -0.104. The lowest BCUT2D eigenvalue weighted by Crippen LogP contribution is -2.36. The molecule has 0 spiro atoms. The van der Waals surface area contributed by atoms with Crippen molar-refractivity contribution < 1.29 is 9.90 Å². The smallest absolute Gasteiger partial charge is 0.262 e. The lowest BCUT2D eigenvalue weighted by molar-refractivity contribution is -0.121. The van der Waals surface area contributed by atoms with Crippen molar-refractivity contribution in [1.29, 1.82) is 0 Å². The van der Waals surface area contributed by atoms with Gasteiger partial charge in [-0.25, -0.2) is 5.43 Å². The predicted molar refractivity (Wildman–Crippen MR) is 88.0 cm³/mol. The number of nitrogens with one attached hydrogen (secondary N) is 2. The molecule has 0 unspecified atom stereocenters. The minimum absolute atomic E-state index is 0.120. The first-order valence-electron chi connectivity index (χ1n) is 7.13. The van der Waals surface area contributed by atoms with Gasteiger partial charge in [0.05, 0.1) is 6.21 Å². The second kappa shape index (κ2) is 7.83. The molecule has 0 aliphatic carbocycles. The number of anilines is 1. The Balaban J connectivity index is 1.94. The van der Waals surface area contributed by atoms with Gasteiger partial charge in [0.2, 0.25) is 0 Å². The summed E-state index contributed by atoms with van der Waals surface area (Å²) in [4.78, 5) is 12.1. The molecule has 2 rings (SSSR count). The Bertz CT molecular complexity index is 641. The van der Waals surface area contributed by atoms with Gasteiger partial charge in [-0.3, -0.25) is 4.79 Å². The topological polar surface area (TPSA) is 73.7 Å². The van der Waals surface area contributed by atoms with Crippen LogP contribution < -0.4 is 10.7 Å². The molecular weight excluding hydrogens is 278 g/mol. The van der Waals surface area contributed by atoms with Crippen LogP contribution in [0, 0.1) is 0 Å². The first-order valence-corrected chi connectivity index (χ1v) is 7.13. The molecule has 2 aromatic rings. The van der Waals surface area contributed by atoms with Crippen LogP contribution in [0.2, 0.25) is 0 Å². The summed E-state index contributed by atoms with van der Waals surface area (Å²) in [7, 11) is 0. The number of rotatable bonds is 6. The minimum Gasteiger partial charge on any atom is -0.507 e. The lowest BCUT2D eigenvalue weighted by atomic mass is 10.2. The molecule has 0 aliphatic heterocycles. The van der Waals surface area contributed by atoms with Gasteiger partial charge in [0, 0.05) is 11.3 Å². The number of benzene rings is 2. The fourth-order valence-electron chi connectivity index (χ4n) is 1.93. The van der Waals surface area contributed by atoms with Gasteiger partial charge in [-0.15, -0.1) is 0 Å². The number of phenolic OH excluding ortho intramolecular Hbond substituents is 1. The summed E-state index contributed by atoms with van der Waals surface area (Å²) in [6, 6.07) is 16.0. The number of hydrogen-bond acceptors (Lipinski definition) is 4. The Morgan fingerprint density at radius 1 is 1.18 bits per heavy atom. The van der Waals surface area contributed by atoms with E-state index in [1.165, 1.54) is 6.21 Å². The first kappa shape index (κ1) is 15.6. The normalized spacial score (nSPS) is 12.0. The van der Waals surface area contributed by atoms with E-state index in [0.717, 1.165) is 5.69 Å². The van der Waals surface area contributed by atoms with Gasteiger partial charge in [-0.2, -0.15) is 5.10 Å². The molecule has 3 N–H and O–H groups in total. The van der Waals surface area contributed by atoms with Crippen LogP contribution >= 0.6 is 0 Å². The monoisotopic (exact) mass is 297 g/mol. The van der Waals surface area contributed by atoms with E-state index in [4.69, 9.17) is 0 Å². The molecular formula is C17H19N3O2. The molecule has 0 heterocycles. The molecule has 5 nitrogen and oxygen atoms in total. The fraction of sp³-hybridized carbons (Fsp3) is 0.176. The molecule has 114 valence electrons. The Morgan fingerprint density at radius 3 is 2.55 bits per heavy atom. The molecule has 0 fully saturated rings. The van der Waals surface area contributed by atoms with Crippen LogP contribution in [0.1, 0.15) is 18.9 Å². The van der Waals surface area contributed by atoms with Gasteiger partial charge in [-0.1, -0.05) is 37.3 Å². The van der Waals surface area contributed by atoms with Crippen LogP contribution in [-0.4, -0.2) is 23.3 Å². The van der Waals surface area contributed by atoms with Crippen molar-refractivity contribution in [3.63, 3.8) is 0 Å². The van der Waals surface area contributed by atoms with Crippen LogP contribution in [0.4, 0.5) is 5.69 Å². The molecule has 0 bridgehead atoms. The van der Waals surface area contributed by atoms with Gasteiger partial charge in [0.25, 0.3) is 5.91 Å². The maximum Gasteiger partial charge on any atom is 0.262 e. The third-order valence-corrected chi connectivity index (χ3v) is 3.15. The van der Waals surface area contributed by atoms with E-state index >= 15 is 0 Å². The van der Waals surface area contributed by atoms with E-state index in [0.29, 0.717) is 12.0 Å². The van der Waals surface area contributed by atoms with E-state index < -0.39 is 0 Å². The number of phenols is 1. The van der Waals surface area contributed by atoms with Crippen LogP contribution in [0.5, 0.6) is 5.75 Å². The molecule has 1 atom stereocenters. The van der Waals surface area contributed by atoms with Crippen molar-refractivity contribution in [1.82, 2.24) is 5.43 Å². The summed E-state index contributed by atoms with van der Waals surface area (Å²) in [6.07, 6.45) is 2.05. The van der Waals surface area contributed by atoms with Gasteiger partial charge >= 0.3 is 0 Å². The zero-order chi connectivity index (χ0) is 15.8. The summed E-state index contributed by atoms with van der Waals surface area (Å²) in [6.45, 7) is 1.92. The molecule has 0 radical (unpaired) electrons. The van der Waals surface area contributed by atoms with Crippen LogP contribution in [0.25, 0.3) is 0 Å². The molecule has 0 aliphatic rings. The zero-order valence-electron chi connectivity index (χ0n) is 12.4. The second-order valence-corrected chi connectivity index (χ2v) is 4.76.